The van der Waals surface area contributed by atoms with E-state index in [0.717, 1.165) is 10.6 Å². The van der Waals surface area contributed by atoms with E-state index in [1.165, 1.54) is 18.4 Å². The first-order chi connectivity index (χ1) is 12.1. The molecule has 124 valence electrons. The number of carbonyl (C=O) groups is 1. The molecule has 1 heterocycles. The van der Waals surface area contributed by atoms with E-state index >= 15 is 0 Å². The van der Waals surface area contributed by atoms with Crippen molar-refractivity contribution in [2.45, 2.75) is 0 Å². The fourth-order valence-corrected chi connectivity index (χ4v) is 3.12. The molecule has 6 nitrogen and oxygen atoms in total. The SMILES string of the molecule is COC(=O)c1cccc(N=c2sc(-c3cccc(C#N)c3)nn2C)c1. The second-order valence-corrected chi connectivity index (χ2v) is 6.12. The number of aromatic nitrogens is 2. The number of ether oxygens (including phenoxy) is 1. The Kier molecular flexibility index (Phi) is 4.73. The molecular weight excluding hydrogens is 336 g/mol. The summed E-state index contributed by atoms with van der Waals surface area (Å²) >= 11 is 1.41. The monoisotopic (exact) mass is 350 g/mol. The molecule has 1 aromatic heterocycles. The minimum atomic E-state index is -0.403. The van der Waals surface area contributed by atoms with E-state index in [1.54, 1.807) is 42.1 Å². The van der Waals surface area contributed by atoms with Gasteiger partial charge in [-0.3, -0.25) is 0 Å². The number of hydrogen-bond donors (Lipinski definition) is 0. The zero-order valence-corrected chi connectivity index (χ0v) is 14.4. The highest BCUT2D eigenvalue weighted by Gasteiger charge is 2.08. The molecule has 3 aromatic rings. The maximum Gasteiger partial charge on any atom is 0.337 e. The number of nitriles is 1. The maximum absolute atomic E-state index is 11.6. The molecule has 0 radical (unpaired) electrons. The standard InChI is InChI=1S/C18H14N4O2S/c1-22-18(20-15-8-4-7-14(10-15)17(23)24-2)25-16(21-22)13-6-3-5-12(9-13)11-19/h3-10H,1-2H3. The fraction of sp³-hybridized carbons (Fsp3) is 0.111. The van der Waals surface area contributed by atoms with Crippen LogP contribution < -0.4 is 4.80 Å². The molecule has 7 heteroatoms. The first-order valence-electron chi connectivity index (χ1n) is 7.38. The van der Waals surface area contributed by atoms with Gasteiger partial charge < -0.3 is 4.74 Å². The Bertz CT molecular complexity index is 1040. The molecule has 0 unspecified atom stereocenters. The molecule has 0 spiro atoms. The number of methoxy groups -OCH3 is 1. The predicted octanol–water partition coefficient (Wildman–Crippen LogP) is 3.04. The molecule has 0 aliphatic rings. The van der Waals surface area contributed by atoms with Gasteiger partial charge in [0.1, 0.15) is 5.01 Å². The molecule has 2 aromatic carbocycles. The van der Waals surface area contributed by atoms with Crippen molar-refractivity contribution in [1.82, 2.24) is 9.78 Å². The van der Waals surface area contributed by atoms with Gasteiger partial charge in [0, 0.05) is 12.6 Å². The molecule has 0 fully saturated rings. The van der Waals surface area contributed by atoms with Crippen molar-refractivity contribution in [2.24, 2.45) is 12.0 Å². The summed E-state index contributed by atoms with van der Waals surface area (Å²) in [5.74, 6) is -0.403. The van der Waals surface area contributed by atoms with Gasteiger partial charge in [-0.2, -0.15) is 10.4 Å². The molecule has 25 heavy (non-hydrogen) atoms. The topological polar surface area (TPSA) is 80.3 Å². The van der Waals surface area contributed by atoms with Crippen LogP contribution in [0, 0.1) is 11.3 Å². The third-order valence-electron chi connectivity index (χ3n) is 3.44. The molecular formula is C18H14N4O2S. The molecule has 0 bridgehead atoms. The summed E-state index contributed by atoms with van der Waals surface area (Å²) in [5, 5.41) is 14.3. The molecule has 0 saturated carbocycles. The average Bonchev–Trinajstić information content (AvgIpc) is 3.02. The van der Waals surface area contributed by atoms with Crippen LogP contribution in [-0.2, 0) is 11.8 Å². The Hall–Kier alpha value is -3.24. The number of carbonyl (C=O) groups excluding carboxylic acids is 1. The van der Waals surface area contributed by atoms with E-state index in [1.807, 2.05) is 18.2 Å². The van der Waals surface area contributed by atoms with Gasteiger partial charge in [0.15, 0.2) is 0 Å². The Labute approximate surface area is 148 Å². The summed E-state index contributed by atoms with van der Waals surface area (Å²) in [4.78, 5) is 16.9. The van der Waals surface area contributed by atoms with Crippen LogP contribution in [0.5, 0.6) is 0 Å². The predicted molar refractivity (Wildman–Crippen MR) is 94.2 cm³/mol. The Morgan fingerprint density at radius 2 is 2.08 bits per heavy atom. The second-order valence-electron chi connectivity index (χ2n) is 5.16. The molecule has 0 aliphatic heterocycles. The zero-order valence-electron chi connectivity index (χ0n) is 13.6. The number of esters is 1. The summed E-state index contributed by atoms with van der Waals surface area (Å²) < 4.78 is 6.40. The van der Waals surface area contributed by atoms with Gasteiger partial charge in [-0.15, -0.1) is 0 Å². The summed E-state index contributed by atoms with van der Waals surface area (Å²) in [5.41, 5.74) is 2.53. The summed E-state index contributed by atoms with van der Waals surface area (Å²) in [7, 11) is 3.15. The van der Waals surface area contributed by atoms with Crippen LogP contribution >= 0.6 is 11.3 Å². The Morgan fingerprint density at radius 1 is 1.28 bits per heavy atom. The number of benzene rings is 2. The highest BCUT2D eigenvalue weighted by Crippen LogP contribution is 2.21. The number of hydrogen-bond acceptors (Lipinski definition) is 6. The van der Waals surface area contributed by atoms with Crippen molar-refractivity contribution in [3.05, 3.63) is 64.5 Å². The quantitative estimate of drug-likeness (QED) is 0.680. The minimum absolute atomic E-state index is 0.403. The van der Waals surface area contributed by atoms with Crippen molar-refractivity contribution in [2.75, 3.05) is 7.11 Å². The fourth-order valence-electron chi connectivity index (χ4n) is 2.22. The molecule has 3 rings (SSSR count). The highest BCUT2D eigenvalue weighted by atomic mass is 32.1. The first-order valence-corrected chi connectivity index (χ1v) is 8.20. The van der Waals surface area contributed by atoms with Gasteiger partial charge >= 0.3 is 5.97 Å². The van der Waals surface area contributed by atoms with Crippen LogP contribution in [0.1, 0.15) is 15.9 Å². The van der Waals surface area contributed by atoms with Crippen molar-refractivity contribution >= 4 is 23.0 Å². The molecule has 0 N–H and O–H groups in total. The third kappa shape index (κ3) is 3.65. The number of aryl methyl sites for hydroxylation is 1. The van der Waals surface area contributed by atoms with Crippen molar-refractivity contribution < 1.29 is 9.53 Å². The van der Waals surface area contributed by atoms with Crippen molar-refractivity contribution in [3.8, 4) is 16.6 Å². The van der Waals surface area contributed by atoms with Gasteiger partial charge in [-0.1, -0.05) is 29.5 Å². The van der Waals surface area contributed by atoms with E-state index in [-0.39, 0.29) is 0 Å². The lowest BCUT2D eigenvalue weighted by molar-refractivity contribution is 0.0601. The van der Waals surface area contributed by atoms with Gasteiger partial charge in [-0.05, 0) is 30.3 Å². The minimum Gasteiger partial charge on any atom is -0.465 e. The average molecular weight is 350 g/mol. The van der Waals surface area contributed by atoms with Gasteiger partial charge in [0.25, 0.3) is 0 Å². The van der Waals surface area contributed by atoms with E-state index in [4.69, 9.17) is 10.00 Å². The van der Waals surface area contributed by atoms with Crippen LogP contribution in [0.3, 0.4) is 0 Å². The largest absolute Gasteiger partial charge is 0.465 e. The maximum atomic E-state index is 11.6. The van der Waals surface area contributed by atoms with Gasteiger partial charge in [0.05, 0.1) is 30.0 Å². The summed E-state index contributed by atoms with van der Waals surface area (Å²) in [6, 6.07) is 16.3. The lowest BCUT2D eigenvalue weighted by atomic mass is 10.1. The van der Waals surface area contributed by atoms with Crippen molar-refractivity contribution in [3.63, 3.8) is 0 Å². The number of rotatable bonds is 3. The van der Waals surface area contributed by atoms with Crippen LogP contribution in [-0.4, -0.2) is 22.9 Å². The van der Waals surface area contributed by atoms with E-state index in [9.17, 15) is 4.79 Å². The Morgan fingerprint density at radius 3 is 2.84 bits per heavy atom. The van der Waals surface area contributed by atoms with E-state index < -0.39 is 5.97 Å². The second kappa shape index (κ2) is 7.11. The zero-order chi connectivity index (χ0) is 17.8. The highest BCUT2D eigenvalue weighted by molar-refractivity contribution is 7.12. The van der Waals surface area contributed by atoms with Crippen molar-refractivity contribution in [1.29, 1.82) is 5.26 Å². The lowest BCUT2D eigenvalue weighted by Gasteiger charge is -1.99. The lowest BCUT2D eigenvalue weighted by Crippen LogP contribution is -2.11. The summed E-state index contributed by atoms with van der Waals surface area (Å²) in [6.45, 7) is 0. The van der Waals surface area contributed by atoms with Crippen LogP contribution in [0.2, 0.25) is 0 Å². The number of nitrogens with zero attached hydrogens (tertiary/aromatic N) is 4. The van der Waals surface area contributed by atoms with E-state index in [0.29, 0.717) is 21.6 Å². The van der Waals surface area contributed by atoms with Crippen LogP contribution in [0.4, 0.5) is 5.69 Å². The molecule has 0 saturated heterocycles. The normalized spacial score (nSPS) is 11.2. The van der Waals surface area contributed by atoms with Crippen LogP contribution in [0.15, 0.2) is 53.5 Å². The third-order valence-corrected chi connectivity index (χ3v) is 4.49. The molecule has 0 amide bonds. The molecule has 0 atom stereocenters. The van der Waals surface area contributed by atoms with Gasteiger partial charge in [0.2, 0.25) is 4.80 Å². The Balaban J connectivity index is 2.02. The molecule has 0 aliphatic carbocycles. The van der Waals surface area contributed by atoms with E-state index in [2.05, 4.69) is 16.2 Å². The van der Waals surface area contributed by atoms with Gasteiger partial charge in [-0.25, -0.2) is 14.5 Å². The summed E-state index contributed by atoms with van der Waals surface area (Å²) in [6.07, 6.45) is 0. The first kappa shape index (κ1) is 16.6. The smallest absolute Gasteiger partial charge is 0.337 e. The van der Waals surface area contributed by atoms with Crippen LogP contribution in [0.25, 0.3) is 10.6 Å².